The van der Waals surface area contributed by atoms with Gasteiger partial charge in [-0.25, -0.2) is 14.6 Å². The van der Waals surface area contributed by atoms with E-state index >= 15 is 0 Å². The van der Waals surface area contributed by atoms with Gasteiger partial charge in [-0.2, -0.15) is 0 Å². The molecule has 0 bridgehead atoms. The number of hydrogen-bond donors (Lipinski definition) is 1. The van der Waals surface area contributed by atoms with Gasteiger partial charge in [-0.1, -0.05) is 110 Å². The molecule has 60 heavy (non-hydrogen) atoms. The number of fused-ring (bicyclic) bond motifs is 2. The highest BCUT2D eigenvalue weighted by molar-refractivity contribution is 5.84. The maximum absolute atomic E-state index is 11.6. The number of imidazole rings is 1. The third-order valence-electron chi connectivity index (χ3n) is 9.39. The Labute approximate surface area is 359 Å². The van der Waals surface area contributed by atoms with Crippen LogP contribution in [0.5, 0.6) is 0 Å². The smallest absolute Gasteiger partial charge is 0.409 e. The van der Waals surface area contributed by atoms with Crippen molar-refractivity contribution >= 4 is 41.1 Å². The second-order valence-corrected chi connectivity index (χ2v) is 14.5. The molecule has 0 saturated carbocycles. The van der Waals surface area contributed by atoms with Crippen molar-refractivity contribution < 1.29 is 28.7 Å². The van der Waals surface area contributed by atoms with Crippen LogP contribution in [0.15, 0.2) is 73.1 Å². The van der Waals surface area contributed by atoms with Crippen LogP contribution in [0, 0.1) is 0 Å². The summed E-state index contributed by atoms with van der Waals surface area (Å²) < 4.78 is 8.98. The zero-order valence-electron chi connectivity index (χ0n) is 35.9. The molecule has 0 radical (unpaired) electrons. The summed E-state index contributed by atoms with van der Waals surface area (Å²) in [5.74, 6) is -0.00852. The first-order valence-corrected chi connectivity index (χ1v) is 20.5. The number of allylic oxidation sites excluding steroid dienone is 1. The molecule has 0 spiro atoms. The van der Waals surface area contributed by atoms with Crippen molar-refractivity contribution in [1.82, 2.24) is 29.6 Å². The number of methoxy groups -OCH3 is 2. The molecule has 3 heterocycles. The molecule has 2 aliphatic heterocycles. The highest BCUT2D eigenvalue weighted by atomic mass is 16.5. The highest BCUT2D eigenvalue weighted by Crippen LogP contribution is 2.29. The molecular formula is C48H72N6O6. The fraction of sp³-hybridized carbons (Fsp3) is 0.479. The van der Waals surface area contributed by atoms with Crippen molar-refractivity contribution in [2.75, 3.05) is 67.6 Å². The van der Waals surface area contributed by atoms with E-state index in [1.54, 1.807) is 30.2 Å². The number of carbonyl (C=O) groups is 4. The predicted octanol–water partition coefficient (Wildman–Crippen LogP) is 10.2. The number of amides is 4. The van der Waals surface area contributed by atoms with Crippen molar-refractivity contribution in [1.29, 1.82) is 0 Å². The van der Waals surface area contributed by atoms with Gasteiger partial charge in [0.25, 0.3) is 0 Å². The molecule has 0 unspecified atom stereocenters. The molecule has 12 heteroatoms. The maximum atomic E-state index is 11.6. The first kappa shape index (κ1) is 52.4. The standard InChI is InChI=1S/C22H16N2.2C9H16N2O3.2C3H8.2CH4/c1-2-15-8-9-19(12-18(15)3-1)16-4-6-17(7-5-16)20-10-11-21-22(13-20)24-14-23-21;2*1-10(9(13)14-2)7-8(12)11-5-3-4-6-11;2*1-3-2;;/h1,3-14H,2H2,(H,23,24);2*3-7H2,1-2H3;2*3H2,1-2H3;2*1H4. The Kier molecular flexibility index (Phi) is 24.4. The average molecular weight is 829 g/mol. The van der Waals surface area contributed by atoms with Crippen molar-refractivity contribution in [3.05, 3.63) is 84.2 Å². The van der Waals surface area contributed by atoms with Gasteiger partial charge in [0.2, 0.25) is 11.8 Å². The van der Waals surface area contributed by atoms with Gasteiger partial charge in [-0.05, 0) is 83.7 Å². The molecular weight excluding hydrogens is 757 g/mol. The lowest BCUT2D eigenvalue weighted by Crippen LogP contribution is -2.39. The summed E-state index contributed by atoms with van der Waals surface area (Å²) in [5, 5.41) is 0. The normalized spacial score (nSPS) is 12.9. The van der Waals surface area contributed by atoms with Crippen LogP contribution in [0.1, 0.15) is 92.2 Å². The Morgan fingerprint density at radius 1 is 0.650 bits per heavy atom. The Bertz CT molecular complexity index is 1860. The second-order valence-electron chi connectivity index (χ2n) is 14.5. The molecule has 330 valence electrons. The van der Waals surface area contributed by atoms with Gasteiger partial charge in [0.05, 0.1) is 31.6 Å². The van der Waals surface area contributed by atoms with Gasteiger partial charge in [-0.15, -0.1) is 0 Å². The number of aromatic amines is 1. The van der Waals surface area contributed by atoms with Crippen molar-refractivity contribution in [3.63, 3.8) is 0 Å². The number of rotatable bonds is 6. The number of ether oxygens (including phenoxy) is 2. The van der Waals surface area contributed by atoms with Crippen LogP contribution in [-0.4, -0.2) is 121 Å². The van der Waals surface area contributed by atoms with Gasteiger partial charge in [0.15, 0.2) is 0 Å². The van der Waals surface area contributed by atoms with Crippen molar-refractivity contribution in [2.45, 2.75) is 87.5 Å². The number of likely N-dealkylation sites (N-methyl/N-ethyl adjacent to an activating group) is 2. The topological polar surface area (TPSA) is 128 Å². The van der Waals surface area contributed by atoms with E-state index in [1.165, 1.54) is 70.2 Å². The van der Waals surface area contributed by atoms with Crippen LogP contribution < -0.4 is 0 Å². The van der Waals surface area contributed by atoms with Crippen LogP contribution in [-0.2, 0) is 25.5 Å². The number of H-pyrrole nitrogens is 1. The lowest BCUT2D eigenvalue weighted by atomic mass is 9.98. The maximum Gasteiger partial charge on any atom is 0.409 e. The Balaban J connectivity index is 0.000000437. The van der Waals surface area contributed by atoms with E-state index in [9.17, 15) is 19.2 Å². The second kappa shape index (κ2) is 27.9. The summed E-state index contributed by atoms with van der Waals surface area (Å²) in [7, 11) is 5.72. The summed E-state index contributed by atoms with van der Waals surface area (Å²) in [4.78, 5) is 58.7. The van der Waals surface area contributed by atoms with E-state index in [0.29, 0.717) is 0 Å². The largest absolute Gasteiger partial charge is 0.453 e. The lowest BCUT2D eigenvalue weighted by molar-refractivity contribution is -0.131. The van der Waals surface area contributed by atoms with Crippen molar-refractivity contribution in [2.24, 2.45) is 0 Å². The van der Waals surface area contributed by atoms with Gasteiger partial charge < -0.3 is 34.1 Å². The molecule has 3 aliphatic rings. The average Bonchev–Trinajstić information content (AvgIpc) is 4.09. The first-order chi connectivity index (χ1) is 28.0. The van der Waals surface area contributed by atoms with Crippen LogP contribution in [0.2, 0.25) is 0 Å². The summed E-state index contributed by atoms with van der Waals surface area (Å²) in [6.45, 7) is 12.0. The van der Waals surface area contributed by atoms with Gasteiger partial charge in [-0.3, -0.25) is 9.59 Å². The van der Waals surface area contributed by atoms with E-state index in [0.717, 1.165) is 69.3 Å². The first-order valence-electron chi connectivity index (χ1n) is 20.5. The van der Waals surface area contributed by atoms with E-state index in [1.807, 2.05) is 0 Å². The fourth-order valence-corrected chi connectivity index (χ4v) is 6.38. The Hall–Kier alpha value is -5.65. The van der Waals surface area contributed by atoms with E-state index in [4.69, 9.17) is 0 Å². The molecule has 1 aromatic heterocycles. The number of carbonyl (C=O) groups excluding carboxylic acids is 4. The number of nitrogens with one attached hydrogen (secondary N) is 1. The number of aromatic nitrogens is 2. The number of benzene rings is 3. The van der Waals surface area contributed by atoms with Crippen LogP contribution >= 0.6 is 0 Å². The third kappa shape index (κ3) is 16.2. The number of nitrogens with zero attached hydrogens (tertiary/aromatic N) is 5. The quantitative estimate of drug-likeness (QED) is 0.205. The Morgan fingerprint density at radius 2 is 1.07 bits per heavy atom. The SMILES string of the molecule is C.C.C1=Cc2cc(-c3ccc(-c4ccc5nc[nH]c5c4)cc3)ccc2C1.CCC.CCC.COC(=O)N(C)CC(=O)N1CCCC1.COC(=O)N(C)CC(=O)N1CCCC1. The monoisotopic (exact) mass is 829 g/mol. The molecule has 4 aromatic rings. The molecule has 2 saturated heterocycles. The van der Waals surface area contributed by atoms with E-state index in [2.05, 4.69) is 120 Å². The third-order valence-corrected chi connectivity index (χ3v) is 9.39. The van der Waals surface area contributed by atoms with E-state index in [-0.39, 0.29) is 39.8 Å². The number of likely N-dealkylation sites (tertiary alicyclic amines) is 2. The molecule has 1 aliphatic carbocycles. The highest BCUT2D eigenvalue weighted by Gasteiger charge is 2.22. The lowest BCUT2D eigenvalue weighted by Gasteiger charge is -2.20. The van der Waals surface area contributed by atoms with Gasteiger partial charge in [0.1, 0.15) is 13.1 Å². The fourth-order valence-electron chi connectivity index (χ4n) is 6.38. The van der Waals surface area contributed by atoms with Crippen LogP contribution in [0.4, 0.5) is 9.59 Å². The van der Waals surface area contributed by atoms with Crippen molar-refractivity contribution in [3.8, 4) is 22.3 Å². The van der Waals surface area contributed by atoms with Crippen LogP contribution in [0.3, 0.4) is 0 Å². The number of hydrogen-bond acceptors (Lipinski definition) is 7. The Morgan fingerprint density at radius 3 is 1.52 bits per heavy atom. The van der Waals surface area contributed by atoms with Gasteiger partial charge >= 0.3 is 12.2 Å². The summed E-state index contributed by atoms with van der Waals surface area (Å²) in [5.41, 5.74) is 9.79. The zero-order valence-corrected chi connectivity index (χ0v) is 35.9. The molecule has 2 fully saturated rings. The summed E-state index contributed by atoms with van der Waals surface area (Å²) >= 11 is 0. The zero-order chi connectivity index (χ0) is 42.5. The minimum absolute atomic E-state index is 0. The molecule has 4 amide bonds. The minimum Gasteiger partial charge on any atom is -0.453 e. The predicted molar refractivity (Wildman–Crippen MR) is 247 cm³/mol. The molecule has 12 nitrogen and oxygen atoms in total. The summed E-state index contributed by atoms with van der Waals surface area (Å²) in [6.07, 6.45) is 13.0. The van der Waals surface area contributed by atoms with Crippen LogP contribution in [0.25, 0.3) is 39.4 Å². The summed E-state index contributed by atoms with van der Waals surface area (Å²) in [6, 6.07) is 21.9. The molecule has 3 aromatic carbocycles. The van der Waals surface area contributed by atoms with Gasteiger partial charge in [0, 0.05) is 40.3 Å². The molecule has 0 atom stereocenters. The molecule has 1 N–H and O–H groups in total. The van der Waals surface area contributed by atoms with E-state index < -0.39 is 12.2 Å². The minimum atomic E-state index is -0.474. The molecule has 7 rings (SSSR count).